The number of carbonyl (C=O) groups is 1. The van der Waals surface area contributed by atoms with E-state index in [0.29, 0.717) is 11.6 Å². The lowest BCUT2D eigenvalue weighted by Gasteiger charge is -2.09. The summed E-state index contributed by atoms with van der Waals surface area (Å²) in [6, 6.07) is 19.0. The lowest BCUT2D eigenvalue weighted by atomic mass is 9.98. The van der Waals surface area contributed by atoms with Crippen LogP contribution >= 0.6 is 0 Å². The van der Waals surface area contributed by atoms with Crippen LogP contribution in [-0.2, 0) is 11.4 Å². The third kappa shape index (κ3) is 3.11. The van der Waals surface area contributed by atoms with Crippen LogP contribution in [0.15, 0.2) is 65.1 Å². The molecule has 0 fully saturated rings. The summed E-state index contributed by atoms with van der Waals surface area (Å²) in [5, 5.41) is 11.1. The van der Waals surface area contributed by atoms with Crippen LogP contribution in [0.5, 0.6) is 5.75 Å². The van der Waals surface area contributed by atoms with Gasteiger partial charge in [0.2, 0.25) is 5.89 Å². The molecule has 0 amide bonds. The third-order valence-corrected chi connectivity index (χ3v) is 4.41. The Morgan fingerprint density at radius 2 is 1.88 bits per heavy atom. The highest BCUT2D eigenvalue weighted by molar-refractivity contribution is 5.86. The summed E-state index contributed by atoms with van der Waals surface area (Å²) in [5.41, 5.74) is 2.33. The molecule has 1 aromatic heterocycles. The maximum absolute atomic E-state index is 11.1. The zero-order valence-electron chi connectivity index (χ0n) is 14.2. The van der Waals surface area contributed by atoms with Gasteiger partial charge < -0.3 is 14.3 Å². The van der Waals surface area contributed by atoms with E-state index in [9.17, 15) is 4.79 Å². The van der Waals surface area contributed by atoms with E-state index in [2.05, 4.69) is 4.98 Å². The van der Waals surface area contributed by atoms with E-state index < -0.39 is 11.9 Å². The Morgan fingerprint density at radius 3 is 2.69 bits per heavy atom. The quantitative estimate of drug-likeness (QED) is 0.564. The fourth-order valence-corrected chi connectivity index (χ4v) is 2.87. The molecular weight excluding hydrogens is 330 g/mol. The second-order valence-corrected chi connectivity index (χ2v) is 6.19. The van der Waals surface area contributed by atoms with E-state index >= 15 is 0 Å². The molecule has 5 heteroatoms. The Labute approximate surface area is 149 Å². The number of aromatic nitrogens is 1. The number of carboxylic acid groups (broad SMARTS) is 1. The van der Waals surface area contributed by atoms with Crippen molar-refractivity contribution in [2.45, 2.75) is 19.4 Å². The minimum atomic E-state index is -0.831. The summed E-state index contributed by atoms with van der Waals surface area (Å²) in [6.07, 6.45) is 0. The van der Waals surface area contributed by atoms with Gasteiger partial charge in [0.15, 0.2) is 12.2 Å². The SMILES string of the molecule is C[C@H](C(=O)O)c1ccc2cc(OCc3nc4ccccc4o3)ccc2c1. The number of fused-ring (bicyclic) bond motifs is 2. The van der Waals surface area contributed by atoms with Crippen molar-refractivity contribution in [1.29, 1.82) is 0 Å². The van der Waals surface area contributed by atoms with Crippen molar-refractivity contribution in [2.75, 3.05) is 0 Å². The van der Waals surface area contributed by atoms with Gasteiger partial charge in [0.1, 0.15) is 11.3 Å². The zero-order valence-corrected chi connectivity index (χ0v) is 14.2. The van der Waals surface area contributed by atoms with E-state index in [1.54, 1.807) is 6.92 Å². The molecule has 0 bridgehead atoms. The molecule has 0 aliphatic heterocycles. The average molecular weight is 347 g/mol. The second kappa shape index (κ2) is 6.52. The Kier molecular flexibility index (Phi) is 4.05. The minimum Gasteiger partial charge on any atom is -0.484 e. The van der Waals surface area contributed by atoms with Crippen LogP contribution in [0, 0.1) is 0 Å². The first-order valence-electron chi connectivity index (χ1n) is 8.34. The number of oxazole rings is 1. The Bertz CT molecular complexity index is 1070. The van der Waals surface area contributed by atoms with Gasteiger partial charge in [0, 0.05) is 0 Å². The Balaban J connectivity index is 1.53. The van der Waals surface area contributed by atoms with E-state index in [1.807, 2.05) is 60.7 Å². The molecule has 0 radical (unpaired) electrons. The molecule has 3 aromatic carbocycles. The molecule has 4 rings (SSSR count). The van der Waals surface area contributed by atoms with Gasteiger partial charge in [-0.05, 0) is 47.5 Å². The first-order valence-corrected chi connectivity index (χ1v) is 8.34. The molecule has 1 atom stereocenters. The number of hydrogen-bond acceptors (Lipinski definition) is 4. The first kappa shape index (κ1) is 16.1. The summed E-state index contributed by atoms with van der Waals surface area (Å²) in [5.74, 6) is -0.132. The van der Waals surface area contributed by atoms with Gasteiger partial charge >= 0.3 is 5.97 Å². The summed E-state index contributed by atoms with van der Waals surface area (Å²) in [7, 11) is 0. The van der Waals surface area contributed by atoms with Crippen molar-refractivity contribution < 1.29 is 19.1 Å². The molecule has 1 N–H and O–H groups in total. The van der Waals surface area contributed by atoms with Gasteiger partial charge in [0.25, 0.3) is 0 Å². The number of rotatable bonds is 5. The maximum Gasteiger partial charge on any atom is 0.310 e. The molecule has 0 aliphatic carbocycles. The molecule has 1 heterocycles. The van der Waals surface area contributed by atoms with Crippen LogP contribution in [0.3, 0.4) is 0 Å². The highest BCUT2D eigenvalue weighted by Gasteiger charge is 2.14. The van der Waals surface area contributed by atoms with Crippen molar-refractivity contribution >= 4 is 27.8 Å². The zero-order chi connectivity index (χ0) is 18.1. The molecule has 0 spiro atoms. The van der Waals surface area contributed by atoms with Crippen LogP contribution in [0.2, 0.25) is 0 Å². The van der Waals surface area contributed by atoms with Gasteiger partial charge in [-0.3, -0.25) is 4.79 Å². The largest absolute Gasteiger partial charge is 0.484 e. The van der Waals surface area contributed by atoms with Gasteiger partial charge in [0.05, 0.1) is 5.92 Å². The third-order valence-electron chi connectivity index (χ3n) is 4.41. The average Bonchev–Trinajstić information content (AvgIpc) is 3.08. The minimum absolute atomic E-state index is 0.244. The Morgan fingerprint density at radius 1 is 1.12 bits per heavy atom. The highest BCUT2D eigenvalue weighted by Crippen LogP contribution is 2.26. The smallest absolute Gasteiger partial charge is 0.310 e. The van der Waals surface area contributed by atoms with Gasteiger partial charge in [-0.1, -0.05) is 36.4 Å². The van der Waals surface area contributed by atoms with E-state index in [0.717, 1.165) is 27.4 Å². The number of nitrogens with zero attached hydrogens (tertiary/aromatic N) is 1. The molecule has 5 nitrogen and oxygen atoms in total. The van der Waals surface area contributed by atoms with E-state index in [4.69, 9.17) is 14.3 Å². The van der Waals surface area contributed by atoms with Crippen molar-refractivity contribution in [1.82, 2.24) is 4.98 Å². The highest BCUT2D eigenvalue weighted by atomic mass is 16.5. The predicted molar refractivity (Wildman–Crippen MR) is 98.3 cm³/mol. The van der Waals surface area contributed by atoms with Gasteiger partial charge in [-0.15, -0.1) is 0 Å². The normalized spacial score (nSPS) is 12.3. The van der Waals surface area contributed by atoms with Gasteiger partial charge in [-0.2, -0.15) is 0 Å². The first-order chi connectivity index (χ1) is 12.6. The van der Waals surface area contributed by atoms with Crippen molar-refractivity contribution in [2.24, 2.45) is 0 Å². The fraction of sp³-hybridized carbons (Fsp3) is 0.143. The topological polar surface area (TPSA) is 72.6 Å². The van der Waals surface area contributed by atoms with Crippen molar-refractivity contribution in [3.63, 3.8) is 0 Å². The summed E-state index contributed by atoms with van der Waals surface area (Å²) < 4.78 is 11.4. The van der Waals surface area contributed by atoms with Crippen LogP contribution in [-0.4, -0.2) is 16.1 Å². The van der Waals surface area contributed by atoms with Crippen LogP contribution in [0.4, 0.5) is 0 Å². The second-order valence-electron chi connectivity index (χ2n) is 6.19. The molecule has 26 heavy (non-hydrogen) atoms. The Hall–Kier alpha value is -3.34. The molecule has 0 saturated carbocycles. The fourth-order valence-electron chi connectivity index (χ4n) is 2.87. The van der Waals surface area contributed by atoms with E-state index in [1.165, 1.54) is 0 Å². The number of benzene rings is 3. The predicted octanol–water partition coefficient (Wildman–Crippen LogP) is 4.75. The molecule has 0 saturated heterocycles. The molecule has 0 aliphatic rings. The molecular formula is C21H17NO4. The van der Waals surface area contributed by atoms with E-state index in [-0.39, 0.29) is 6.61 Å². The lowest BCUT2D eigenvalue weighted by molar-refractivity contribution is -0.138. The summed E-state index contributed by atoms with van der Waals surface area (Å²) in [6.45, 7) is 1.93. The van der Waals surface area contributed by atoms with Crippen LogP contribution in [0.25, 0.3) is 21.9 Å². The molecule has 0 unspecified atom stereocenters. The summed E-state index contributed by atoms with van der Waals surface area (Å²) in [4.78, 5) is 15.5. The number of hydrogen-bond donors (Lipinski definition) is 1. The molecule has 4 aromatic rings. The number of carboxylic acids is 1. The maximum atomic E-state index is 11.1. The number of aliphatic carboxylic acids is 1. The monoisotopic (exact) mass is 347 g/mol. The van der Waals surface area contributed by atoms with Crippen molar-refractivity contribution in [3.8, 4) is 5.75 Å². The number of para-hydroxylation sites is 2. The van der Waals surface area contributed by atoms with Crippen LogP contribution < -0.4 is 4.74 Å². The summed E-state index contributed by atoms with van der Waals surface area (Å²) >= 11 is 0. The van der Waals surface area contributed by atoms with Gasteiger partial charge in [-0.25, -0.2) is 4.98 Å². The number of ether oxygens (including phenoxy) is 1. The lowest BCUT2D eigenvalue weighted by Crippen LogP contribution is -2.07. The van der Waals surface area contributed by atoms with Crippen LogP contribution in [0.1, 0.15) is 24.3 Å². The molecule has 130 valence electrons. The van der Waals surface area contributed by atoms with Crippen molar-refractivity contribution in [3.05, 3.63) is 72.1 Å². The standard InChI is InChI=1S/C21H17NO4/c1-13(21(23)24)14-6-7-16-11-17(9-8-15(16)10-14)25-12-20-22-18-4-2-3-5-19(18)26-20/h2-11,13H,12H2,1H3,(H,23,24)/t13-/m0/s1.